The van der Waals surface area contributed by atoms with Crippen LogP contribution in [-0.2, 0) is 13.6 Å². The Kier molecular flexibility index (Phi) is 6.81. The van der Waals surface area contributed by atoms with E-state index in [0.29, 0.717) is 18.5 Å². The average Bonchev–Trinajstić information content (AvgIpc) is 2.49. The van der Waals surface area contributed by atoms with E-state index in [1.807, 2.05) is 37.4 Å². The second kappa shape index (κ2) is 7.92. The molecule has 0 radical (unpaired) electrons. The van der Waals surface area contributed by atoms with E-state index in [0.717, 1.165) is 25.0 Å². The molecular formula is C14H27O3PS2. The summed E-state index contributed by atoms with van der Waals surface area (Å²) in [7, 11) is -3.05. The van der Waals surface area contributed by atoms with Crippen molar-refractivity contribution in [2.24, 2.45) is 0 Å². The molecule has 2 aliphatic rings. The molecular weight excluding hydrogens is 311 g/mol. The van der Waals surface area contributed by atoms with Crippen LogP contribution in [0.3, 0.4) is 0 Å². The van der Waals surface area contributed by atoms with Gasteiger partial charge < -0.3 is 9.05 Å². The maximum Gasteiger partial charge on any atom is 0.347 e. The first-order valence-corrected chi connectivity index (χ1v) is 11.4. The van der Waals surface area contributed by atoms with E-state index in [-0.39, 0.29) is 4.49 Å². The third-order valence-corrected chi connectivity index (χ3v) is 11.1. The number of hydrogen-bond acceptors (Lipinski definition) is 5. The summed E-state index contributed by atoms with van der Waals surface area (Å²) >= 11 is 3.86. The number of hydrogen-bond donors (Lipinski definition) is 0. The van der Waals surface area contributed by atoms with Crippen molar-refractivity contribution in [3.63, 3.8) is 0 Å². The van der Waals surface area contributed by atoms with Gasteiger partial charge in [0.05, 0.1) is 13.2 Å². The highest BCUT2D eigenvalue weighted by Gasteiger charge is 2.57. The molecule has 6 heteroatoms. The van der Waals surface area contributed by atoms with Crippen LogP contribution in [-0.4, -0.2) is 34.5 Å². The van der Waals surface area contributed by atoms with Gasteiger partial charge in [-0.05, 0) is 51.0 Å². The van der Waals surface area contributed by atoms with E-state index < -0.39 is 7.60 Å². The van der Waals surface area contributed by atoms with Crippen molar-refractivity contribution < 1.29 is 13.6 Å². The van der Waals surface area contributed by atoms with Crippen LogP contribution >= 0.6 is 31.1 Å². The smallest absolute Gasteiger partial charge is 0.308 e. The molecule has 2 aliphatic heterocycles. The van der Waals surface area contributed by atoms with Gasteiger partial charge in [0.15, 0.2) is 0 Å². The monoisotopic (exact) mass is 338 g/mol. The van der Waals surface area contributed by atoms with Crippen LogP contribution in [0, 0.1) is 0 Å². The average molecular weight is 338 g/mol. The van der Waals surface area contributed by atoms with Crippen LogP contribution < -0.4 is 0 Å². The van der Waals surface area contributed by atoms with Gasteiger partial charge in [0.25, 0.3) is 0 Å². The molecule has 3 nitrogen and oxygen atoms in total. The molecule has 0 saturated carbocycles. The zero-order chi connectivity index (χ0) is 14.5. The van der Waals surface area contributed by atoms with E-state index >= 15 is 0 Å². The topological polar surface area (TPSA) is 35.5 Å². The summed E-state index contributed by atoms with van der Waals surface area (Å²) in [4.78, 5) is 0. The molecule has 118 valence electrons. The highest BCUT2D eigenvalue weighted by molar-refractivity contribution is 8.09. The summed E-state index contributed by atoms with van der Waals surface area (Å²) in [6, 6.07) is 0. The maximum atomic E-state index is 13.5. The molecule has 2 fully saturated rings. The van der Waals surface area contributed by atoms with Crippen molar-refractivity contribution >= 4 is 31.1 Å². The molecule has 2 unspecified atom stereocenters. The van der Waals surface area contributed by atoms with E-state index in [2.05, 4.69) is 0 Å². The highest BCUT2D eigenvalue weighted by Crippen LogP contribution is 2.71. The summed E-state index contributed by atoms with van der Waals surface area (Å²) in [6.07, 6.45) is 7.04. The molecule has 0 spiro atoms. The van der Waals surface area contributed by atoms with Crippen LogP contribution in [0.15, 0.2) is 0 Å². The molecule has 0 bridgehead atoms. The Hall–Kier alpha value is 0.850. The van der Waals surface area contributed by atoms with Gasteiger partial charge >= 0.3 is 7.60 Å². The number of thioether (sulfide) groups is 2. The lowest BCUT2D eigenvalue weighted by molar-refractivity contribution is 0.203. The van der Waals surface area contributed by atoms with Gasteiger partial charge in [-0.1, -0.05) is 12.8 Å². The van der Waals surface area contributed by atoms with Crippen LogP contribution in [0.2, 0.25) is 0 Å². The maximum absolute atomic E-state index is 13.5. The Bertz CT molecular complexity index is 329. The van der Waals surface area contributed by atoms with Crippen molar-refractivity contribution in [3.8, 4) is 0 Å². The lowest BCUT2D eigenvalue weighted by Crippen LogP contribution is -2.42. The van der Waals surface area contributed by atoms with Crippen LogP contribution in [0.25, 0.3) is 0 Å². The van der Waals surface area contributed by atoms with E-state index in [1.165, 1.54) is 25.0 Å². The summed E-state index contributed by atoms with van der Waals surface area (Å²) < 4.78 is 24.7. The first kappa shape index (κ1) is 17.2. The summed E-state index contributed by atoms with van der Waals surface area (Å²) in [6.45, 7) is 4.77. The molecule has 2 heterocycles. The normalized spacial score (nSPS) is 32.2. The second-order valence-corrected chi connectivity index (χ2v) is 10.7. The van der Waals surface area contributed by atoms with Crippen molar-refractivity contribution in [1.82, 2.24) is 0 Å². The van der Waals surface area contributed by atoms with Gasteiger partial charge in [-0.25, -0.2) is 0 Å². The molecule has 0 N–H and O–H groups in total. The second-order valence-electron chi connectivity index (χ2n) is 5.34. The summed E-state index contributed by atoms with van der Waals surface area (Å²) in [5.41, 5.74) is 0. The van der Waals surface area contributed by atoms with Crippen LogP contribution in [0.1, 0.15) is 52.4 Å². The minimum Gasteiger partial charge on any atom is -0.308 e. The van der Waals surface area contributed by atoms with Crippen LogP contribution in [0.4, 0.5) is 0 Å². The molecule has 2 saturated heterocycles. The molecule has 0 aromatic rings. The SMILES string of the molecule is CCOP(=O)(OCC)C1(C2CCCCS2)CCCCS1. The van der Waals surface area contributed by atoms with Gasteiger partial charge in [0.1, 0.15) is 4.49 Å². The Morgan fingerprint density at radius 3 is 2.30 bits per heavy atom. The predicted octanol–water partition coefficient (Wildman–Crippen LogP) is 5.15. The first-order valence-electron chi connectivity index (χ1n) is 7.83. The summed E-state index contributed by atoms with van der Waals surface area (Å²) in [5.74, 6) is 2.27. The summed E-state index contributed by atoms with van der Waals surface area (Å²) in [5, 5.41) is 0.422. The third-order valence-electron chi connectivity index (χ3n) is 4.03. The van der Waals surface area contributed by atoms with Gasteiger partial charge in [0, 0.05) is 5.25 Å². The molecule has 0 aromatic carbocycles. The van der Waals surface area contributed by atoms with Crippen molar-refractivity contribution in [2.45, 2.75) is 62.1 Å². The Labute approximate surface area is 131 Å². The van der Waals surface area contributed by atoms with E-state index in [4.69, 9.17) is 9.05 Å². The van der Waals surface area contributed by atoms with Crippen molar-refractivity contribution in [3.05, 3.63) is 0 Å². The van der Waals surface area contributed by atoms with Gasteiger partial charge in [-0.3, -0.25) is 4.57 Å². The predicted molar refractivity (Wildman–Crippen MR) is 90.0 cm³/mol. The third kappa shape index (κ3) is 3.43. The van der Waals surface area contributed by atoms with Crippen LogP contribution in [0.5, 0.6) is 0 Å². The molecule has 0 amide bonds. The van der Waals surface area contributed by atoms with Gasteiger partial charge in [0.2, 0.25) is 0 Å². The fraction of sp³-hybridized carbons (Fsp3) is 1.00. The van der Waals surface area contributed by atoms with Crippen molar-refractivity contribution in [1.29, 1.82) is 0 Å². The minimum atomic E-state index is -3.05. The molecule has 2 rings (SSSR count). The lowest BCUT2D eigenvalue weighted by Gasteiger charge is -2.46. The Balaban J connectivity index is 2.30. The minimum absolute atomic E-state index is 0.303. The lowest BCUT2D eigenvalue weighted by atomic mass is 10.1. The number of rotatable bonds is 6. The zero-order valence-electron chi connectivity index (χ0n) is 12.6. The zero-order valence-corrected chi connectivity index (χ0v) is 15.2. The Morgan fingerprint density at radius 1 is 1.10 bits per heavy atom. The molecule has 0 aliphatic carbocycles. The standard InChI is InChI=1S/C14H27O3PS2/c1-3-16-18(15,17-4-2)14(10-6-8-12-20-14)13-9-5-7-11-19-13/h13H,3-12H2,1-2H3. The molecule has 0 aromatic heterocycles. The fourth-order valence-corrected chi connectivity index (χ4v) is 10.1. The first-order chi connectivity index (χ1) is 9.68. The Morgan fingerprint density at radius 2 is 1.80 bits per heavy atom. The highest BCUT2D eigenvalue weighted by atomic mass is 32.2. The molecule has 20 heavy (non-hydrogen) atoms. The van der Waals surface area contributed by atoms with Crippen molar-refractivity contribution in [2.75, 3.05) is 24.7 Å². The van der Waals surface area contributed by atoms with E-state index in [1.54, 1.807) is 0 Å². The van der Waals surface area contributed by atoms with E-state index in [9.17, 15) is 4.57 Å². The quantitative estimate of drug-likeness (QED) is 0.626. The van der Waals surface area contributed by atoms with Gasteiger partial charge in [-0.2, -0.15) is 11.8 Å². The van der Waals surface area contributed by atoms with Gasteiger partial charge in [-0.15, -0.1) is 11.8 Å². The fourth-order valence-electron chi connectivity index (χ4n) is 3.14. The largest absolute Gasteiger partial charge is 0.347 e. The molecule has 2 atom stereocenters.